The van der Waals surface area contributed by atoms with Crippen LogP contribution in [0.5, 0.6) is 0 Å². The highest BCUT2D eigenvalue weighted by atomic mass is 19.1. The minimum Gasteiger partial charge on any atom is -0.357 e. The Morgan fingerprint density at radius 1 is 1.09 bits per heavy atom. The molecule has 0 amide bonds. The Morgan fingerprint density at radius 3 is 2.43 bits per heavy atom. The fraction of sp³-hybridized carbons (Fsp3) is 0.444. The average molecular weight is 316 g/mol. The van der Waals surface area contributed by atoms with Gasteiger partial charge in [-0.1, -0.05) is 19.4 Å². The molecule has 0 aliphatic rings. The molecule has 1 aromatic carbocycles. The summed E-state index contributed by atoms with van der Waals surface area (Å²) in [5.74, 6) is 1.03. The maximum atomic E-state index is 14.0. The Kier molecular flexibility index (Phi) is 5.90. The van der Waals surface area contributed by atoms with Crippen molar-refractivity contribution in [3.8, 4) is 0 Å². The van der Waals surface area contributed by atoms with Gasteiger partial charge in [0, 0.05) is 24.8 Å². The smallest absolute Gasteiger partial charge is 0.229 e. The molecule has 0 unspecified atom stereocenters. The van der Waals surface area contributed by atoms with Crippen molar-refractivity contribution >= 4 is 17.5 Å². The third-order valence-corrected chi connectivity index (χ3v) is 3.73. The van der Waals surface area contributed by atoms with Gasteiger partial charge in [0.15, 0.2) is 0 Å². The molecule has 0 fully saturated rings. The number of halogens is 1. The van der Waals surface area contributed by atoms with Crippen LogP contribution >= 0.6 is 0 Å². The lowest BCUT2D eigenvalue weighted by Gasteiger charge is -2.21. The number of nitrogens with zero attached hydrogens (tertiary/aromatic N) is 3. The molecule has 0 atom stereocenters. The van der Waals surface area contributed by atoms with Crippen LogP contribution in [0.25, 0.3) is 0 Å². The fourth-order valence-corrected chi connectivity index (χ4v) is 2.47. The Balaban J connectivity index is 2.36. The van der Waals surface area contributed by atoms with Gasteiger partial charge in [-0.2, -0.15) is 4.98 Å². The van der Waals surface area contributed by atoms with E-state index in [2.05, 4.69) is 41.0 Å². The lowest BCUT2D eigenvalue weighted by Crippen LogP contribution is -2.23. The van der Waals surface area contributed by atoms with E-state index in [1.165, 1.54) is 6.07 Å². The summed E-state index contributed by atoms with van der Waals surface area (Å²) in [7, 11) is 0. The number of benzene rings is 1. The highest BCUT2D eigenvalue weighted by Gasteiger charge is 2.11. The minimum atomic E-state index is -0.293. The number of hydrogen-bond donors (Lipinski definition) is 1. The van der Waals surface area contributed by atoms with Crippen LogP contribution in [0.15, 0.2) is 24.3 Å². The number of aromatic nitrogens is 2. The van der Waals surface area contributed by atoms with Crippen LogP contribution in [0.2, 0.25) is 0 Å². The van der Waals surface area contributed by atoms with Crippen molar-refractivity contribution in [3.63, 3.8) is 0 Å². The minimum absolute atomic E-state index is 0.293. The predicted octanol–water partition coefficient (Wildman–Crippen LogP) is 4.47. The highest BCUT2D eigenvalue weighted by molar-refractivity contribution is 5.57. The molecule has 2 rings (SSSR count). The number of rotatable bonds is 7. The van der Waals surface area contributed by atoms with E-state index in [0.717, 1.165) is 43.0 Å². The molecule has 0 bridgehead atoms. The van der Waals surface area contributed by atoms with Crippen molar-refractivity contribution in [2.45, 2.75) is 40.5 Å². The van der Waals surface area contributed by atoms with Crippen LogP contribution in [-0.2, 0) is 6.42 Å². The second-order valence-electron chi connectivity index (χ2n) is 5.57. The van der Waals surface area contributed by atoms with E-state index < -0.39 is 0 Å². The van der Waals surface area contributed by atoms with Crippen molar-refractivity contribution in [2.24, 2.45) is 0 Å². The molecule has 4 nitrogen and oxygen atoms in total. The van der Waals surface area contributed by atoms with Crippen LogP contribution in [0.4, 0.5) is 21.8 Å². The molecule has 1 aromatic heterocycles. The molecule has 0 radical (unpaired) electrons. The standard InChI is InChI=1S/C18H25FN4/c1-5-8-14-12-17(23(6-2)7-3)22-18(20-14)21-16-10-9-13(4)11-15(16)19/h9-12H,5-8H2,1-4H3,(H,20,21,22). The Morgan fingerprint density at radius 2 is 1.83 bits per heavy atom. The van der Waals surface area contributed by atoms with Gasteiger partial charge in [-0.15, -0.1) is 0 Å². The third kappa shape index (κ3) is 4.41. The SMILES string of the molecule is CCCc1cc(N(CC)CC)nc(Nc2ccc(C)cc2F)n1. The van der Waals surface area contributed by atoms with Crippen LogP contribution in [-0.4, -0.2) is 23.1 Å². The predicted molar refractivity (Wildman–Crippen MR) is 94.0 cm³/mol. The van der Waals surface area contributed by atoms with Crippen LogP contribution in [0.3, 0.4) is 0 Å². The summed E-state index contributed by atoms with van der Waals surface area (Å²) in [4.78, 5) is 11.2. The van der Waals surface area contributed by atoms with Crippen molar-refractivity contribution in [1.82, 2.24) is 9.97 Å². The van der Waals surface area contributed by atoms with Gasteiger partial charge in [0.05, 0.1) is 5.69 Å². The van der Waals surface area contributed by atoms with Gasteiger partial charge in [-0.05, 0) is 44.9 Å². The van der Waals surface area contributed by atoms with Crippen molar-refractivity contribution in [3.05, 3.63) is 41.3 Å². The zero-order chi connectivity index (χ0) is 16.8. The zero-order valence-electron chi connectivity index (χ0n) is 14.4. The average Bonchev–Trinajstić information content (AvgIpc) is 2.52. The monoisotopic (exact) mass is 316 g/mol. The topological polar surface area (TPSA) is 41.1 Å². The molecular weight excluding hydrogens is 291 g/mol. The number of nitrogens with one attached hydrogen (secondary N) is 1. The van der Waals surface area contributed by atoms with Gasteiger partial charge < -0.3 is 10.2 Å². The molecule has 5 heteroatoms. The fourth-order valence-electron chi connectivity index (χ4n) is 2.47. The van der Waals surface area contributed by atoms with Gasteiger partial charge in [0.1, 0.15) is 11.6 Å². The van der Waals surface area contributed by atoms with Gasteiger partial charge in [0.2, 0.25) is 5.95 Å². The number of hydrogen-bond acceptors (Lipinski definition) is 4. The Hall–Kier alpha value is -2.17. The van der Waals surface area contributed by atoms with E-state index in [-0.39, 0.29) is 5.82 Å². The first-order chi connectivity index (χ1) is 11.1. The first-order valence-electron chi connectivity index (χ1n) is 8.23. The second kappa shape index (κ2) is 7.90. The molecule has 23 heavy (non-hydrogen) atoms. The highest BCUT2D eigenvalue weighted by Crippen LogP contribution is 2.22. The Labute approximate surface area is 137 Å². The molecule has 2 aromatic rings. The molecule has 0 aliphatic heterocycles. The van der Waals surface area contributed by atoms with Gasteiger partial charge in [0.25, 0.3) is 0 Å². The van der Waals surface area contributed by atoms with Gasteiger partial charge in [-0.3, -0.25) is 0 Å². The summed E-state index contributed by atoms with van der Waals surface area (Å²) < 4.78 is 14.0. The van der Waals surface area contributed by atoms with E-state index in [0.29, 0.717) is 11.6 Å². The largest absolute Gasteiger partial charge is 0.357 e. The molecule has 0 saturated heterocycles. The lowest BCUT2D eigenvalue weighted by molar-refractivity contribution is 0.630. The Bertz CT molecular complexity index is 653. The number of aryl methyl sites for hydroxylation is 2. The van der Waals surface area contributed by atoms with E-state index in [1.807, 2.05) is 19.1 Å². The zero-order valence-corrected chi connectivity index (χ0v) is 14.4. The maximum Gasteiger partial charge on any atom is 0.229 e. The molecular formula is C18H25FN4. The summed E-state index contributed by atoms with van der Waals surface area (Å²) in [6.07, 6.45) is 1.88. The van der Waals surface area contributed by atoms with Crippen LogP contribution in [0.1, 0.15) is 38.4 Å². The normalized spacial score (nSPS) is 10.7. The first kappa shape index (κ1) is 17.2. The van der Waals surface area contributed by atoms with Crippen LogP contribution in [0, 0.1) is 12.7 Å². The summed E-state index contributed by atoms with van der Waals surface area (Å²) in [6.45, 7) is 9.92. The second-order valence-corrected chi connectivity index (χ2v) is 5.57. The first-order valence-corrected chi connectivity index (χ1v) is 8.23. The molecule has 124 valence electrons. The summed E-state index contributed by atoms with van der Waals surface area (Å²) >= 11 is 0. The van der Waals surface area contributed by atoms with E-state index >= 15 is 0 Å². The molecule has 1 N–H and O–H groups in total. The maximum absolute atomic E-state index is 14.0. The molecule has 1 heterocycles. The van der Waals surface area contributed by atoms with Crippen molar-refractivity contribution in [1.29, 1.82) is 0 Å². The quantitative estimate of drug-likeness (QED) is 0.818. The summed E-state index contributed by atoms with van der Waals surface area (Å²) in [5.41, 5.74) is 2.26. The van der Waals surface area contributed by atoms with E-state index in [1.54, 1.807) is 6.07 Å². The van der Waals surface area contributed by atoms with Crippen LogP contribution < -0.4 is 10.2 Å². The van der Waals surface area contributed by atoms with E-state index in [4.69, 9.17) is 0 Å². The summed E-state index contributed by atoms with van der Waals surface area (Å²) in [5, 5.41) is 3.02. The number of anilines is 3. The third-order valence-electron chi connectivity index (χ3n) is 3.73. The molecule has 0 spiro atoms. The van der Waals surface area contributed by atoms with Crippen molar-refractivity contribution in [2.75, 3.05) is 23.3 Å². The summed E-state index contributed by atoms with van der Waals surface area (Å²) in [6, 6.07) is 7.11. The van der Waals surface area contributed by atoms with Gasteiger partial charge >= 0.3 is 0 Å². The lowest BCUT2D eigenvalue weighted by atomic mass is 10.2. The van der Waals surface area contributed by atoms with Crippen molar-refractivity contribution < 1.29 is 4.39 Å². The molecule has 0 aliphatic carbocycles. The molecule has 0 saturated carbocycles. The van der Waals surface area contributed by atoms with Gasteiger partial charge in [-0.25, -0.2) is 9.37 Å². The van der Waals surface area contributed by atoms with E-state index in [9.17, 15) is 4.39 Å².